The van der Waals surface area contributed by atoms with Crippen molar-refractivity contribution in [2.24, 2.45) is 0 Å². The molecule has 3 rings (SSSR count). The first-order chi connectivity index (χ1) is 13.2. The second-order valence-electron chi connectivity index (χ2n) is 5.62. The maximum absolute atomic E-state index is 13.7. The monoisotopic (exact) mass is 369 g/mol. The SMILES string of the molecule is COc1ccc(Nc2nncc(NCCc3ccccc3F)n2)c(OC)c1. The Hall–Kier alpha value is -3.42. The van der Waals surface area contributed by atoms with Gasteiger partial charge in [-0.2, -0.15) is 10.1 Å². The number of nitrogens with zero attached hydrogens (tertiary/aromatic N) is 3. The minimum atomic E-state index is -0.214. The van der Waals surface area contributed by atoms with Gasteiger partial charge in [0.2, 0.25) is 5.95 Å². The molecule has 0 amide bonds. The third kappa shape index (κ3) is 4.81. The van der Waals surface area contributed by atoms with Gasteiger partial charge in [-0.1, -0.05) is 18.2 Å². The predicted molar refractivity (Wildman–Crippen MR) is 101 cm³/mol. The van der Waals surface area contributed by atoms with Crippen molar-refractivity contribution in [3.63, 3.8) is 0 Å². The van der Waals surface area contributed by atoms with Crippen LogP contribution >= 0.6 is 0 Å². The first-order valence-electron chi connectivity index (χ1n) is 8.35. The summed E-state index contributed by atoms with van der Waals surface area (Å²) in [7, 11) is 3.16. The summed E-state index contributed by atoms with van der Waals surface area (Å²) in [6.45, 7) is 0.519. The summed E-state index contributed by atoms with van der Waals surface area (Å²) in [6, 6.07) is 12.1. The Labute approximate surface area is 156 Å². The normalized spacial score (nSPS) is 10.3. The van der Waals surface area contributed by atoms with Crippen molar-refractivity contribution in [2.75, 3.05) is 31.4 Å². The van der Waals surface area contributed by atoms with E-state index in [1.807, 2.05) is 6.07 Å². The third-order valence-electron chi connectivity index (χ3n) is 3.87. The summed E-state index contributed by atoms with van der Waals surface area (Å²) in [5, 5.41) is 14.1. The van der Waals surface area contributed by atoms with Crippen LogP contribution in [-0.2, 0) is 6.42 Å². The summed E-state index contributed by atoms with van der Waals surface area (Å²) < 4.78 is 24.2. The summed E-state index contributed by atoms with van der Waals surface area (Å²) >= 11 is 0. The number of aromatic nitrogens is 3. The Bertz CT molecular complexity index is 907. The van der Waals surface area contributed by atoms with Crippen molar-refractivity contribution in [1.29, 1.82) is 0 Å². The molecule has 0 saturated carbocycles. The molecule has 0 atom stereocenters. The van der Waals surface area contributed by atoms with Crippen molar-refractivity contribution in [3.8, 4) is 11.5 Å². The minimum absolute atomic E-state index is 0.214. The maximum atomic E-state index is 13.7. The van der Waals surface area contributed by atoms with Gasteiger partial charge in [-0.3, -0.25) is 0 Å². The fourth-order valence-corrected chi connectivity index (χ4v) is 2.49. The lowest BCUT2D eigenvalue weighted by Gasteiger charge is -2.12. The number of halogens is 1. The molecule has 140 valence electrons. The molecule has 7 nitrogen and oxygen atoms in total. The van der Waals surface area contributed by atoms with Crippen molar-refractivity contribution in [1.82, 2.24) is 15.2 Å². The van der Waals surface area contributed by atoms with E-state index in [-0.39, 0.29) is 5.82 Å². The Morgan fingerprint density at radius 1 is 1.07 bits per heavy atom. The van der Waals surface area contributed by atoms with Gasteiger partial charge in [0.1, 0.15) is 17.3 Å². The molecule has 1 aromatic heterocycles. The molecule has 0 saturated heterocycles. The number of anilines is 3. The number of rotatable bonds is 8. The molecule has 0 aliphatic rings. The van der Waals surface area contributed by atoms with Crippen molar-refractivity contribution < 1.29 is 13.9 Å². The van der Waals surface area contributed by atoms with E-state index in [0.29, 0.717) is 47.5 Å². The largest absolute Gasteiger partial charge is 0.497 e. The molecular weight excluding hydrogens is 349 g/mol. The number of methoxy groups -OCH3 is 2. The van der Waals surface area contributed by atoms with Crippen molar-refractivity contribution >= 4 is 17.5 Å². The van der Waals surface area contributed by atoms with Crippen LogP contribution in [0.5, 0.6) is 11.5 Å². The van der Waals surface area contributed by atoms with Gasteiger partial charge in [0.15, 0.2) is 5.82 Å². The lowest BCUT2D eigenvalue weighted by molar-refractivity contribution is 0.395. The smallest absolute Gasteiger partial charge is 0.249 e. The molecule has 2 aromatic carbocycles. The zero-order valence-corrected chi connectivity index (χ0v) is 15.1. The summed E-state index contributed by atoms with van der Waals surface area (Å²) in [4.78, 5) is 4.36. The second kappa shape index (κ2) is 8.79. The molecule has 8 heteroatoms. The van der Waals surface area contributed by atoms with Crippen molar-refractivity contribution in [2.45, 2.75) is 6.42 Å². The minimum Gasteiger partial charge on any atom is -0.497 e. The molecule has 27 heavy (non-hydrogen) atoms. The lowest BCUT2D eigenvalue weighted by Crippen LogP contribution is -2.09. The molecule has 0 unspecified atom stereocenters. The van der Waals surface area contributed by atoms with E-state index >= 15 is 0 Å². The molecule has 0 aliphatic carbocycles. The van der Waals surface area contributed by atoms with Crippen LogP contribution in [-0.4, -0.2) is 35.9 Å². The molecule has 0 radical (unpaired) electrons. The van der Waals surface area contributed by atoms with E-state index < -0.39 is 0 Å². The van der Waals surface area contributed by atoms with Gasteiger partial charge in [0.25, 0.3) is 0 Å². The fraction of sp³-hybridized carbons (Fsp3) is 0.211. The predicted octanol–water partition coefficient (Wildman–Crippen LogP) is 3.43. The van der Waals surface area contributed by atoms with Crippen LogP contribution in [0.2, 0.25) is 0 Å². The second-order valence-corrected chi connectivity index (χ2v) is 5.62. The topological polar surface area (TPSA) is 81.2 Å². The molecule has 0 fully saturated rings. The number of hydrogen-bond donors (Lipinski definition) is 2. The van der Waals surface area contributed by atoms with Gasteiger partial charge in [-0.25, -0.2) is 4.39 Å². The van der Waals surface area contributed by atoms with Gasteiger partial charge in [0.05, 0.1) is 26.1 Å². The first-order valence-corrected chi connectivity index (χ1v) is 8.35. The van der Waals surface area contributed by atoms with Crippen LogP contribution in [0.1, 0.15) is 5.56 Å². The number of benzene rings is 2. The van der Waals surface area contributed by atoms with Gasteiger partial charge >= 0.3 is 0 Å². The number of ether oxygens (including phenoxy) is 2. The fourth-order valence-electron chi connectivity index (χ4n) is 2.49. The van der Waals surface area contributed by atoms with Gasteiger partial charge < -0.3 is 20.1 Å². The Balaban J connectivity index is 1.64. The number of hydrogen-bond acceptors (Lipinski definition) is 7. The van der Waals surface area contributed by atoms with E-state index in [1.54, 1.807) is 44.6 Å². The summed E-state index contributed by atoms with van der Waals surface area (Å²) in [5.74, 6) is 1.91. The van der Waals surface area contributed by atoms with Gasteiger partial charge in [-0.15, -0.1) is 5.10 Å². The highest BCUT2D eigenvalue weighted by Crippen LogP contribution is 2.30. The Morgan fingerprint density at radius 2 is 1.93 bits per heavy atom. The Morgan fingerprint density at radius 3 is 2.70 bits per heavy atom. The van der Waals surface area contributed by atoms with E-state index in [1.165, 1.54) is 12.3 Å². The van der Waals surface area contributed by atoms with E-state index in [4.69, 9.17) is 9.47 Å². The summed E-state index contributed by atoms with van der Waals surface area (Å²) in [5.41, 5.74) is 1.33. The highest BCUT2D eigenvalue weighted by molar-refractivity contribution is 5.64. The molecular formula is C19H20FN5O2. The summed E-state index contributed by atoms with van der Waals surface area (Å²) in [6.07, 6.45) is 2.05. The first kappa shape index (κ1) is 18.4. The zero-order valence-electron chi connectivity index (χ0n) is 15.1. The van der Waals surface area contributed by atoms with Crippen molar-refractivity contribution in [3.05, 3.63) is 60.0 Å². The van der Waals surface area contributed by atoms with Crippen LogP contribution in [0.15, 0.2) is 48.7 Å². The third-order valence-corrected chi connectivity index (χ3v) is 3.87. The molecule has 1 heterocycles. The number of nitrogens with one attached hydrogen (secondary N) is 2. The highest BCUT2D eigenvalue weighted by Gasteiger charge is 2.08. The molecule has 0 bridgehead atoms. The van der Waals surface area contributed by atoms with E-state index in [9.17, 15) is 4.39 Å². The Kier molecular flexibility index (Phi) is 5.98. The average molecular weight is 369 g/mol. The van der Waals surface area contributed by atoms with Gasteiger partial charge in [0, 0.05) is 12.6 Å². The van der Waals surface area contributed by atoms with Crippen LogP contribution < -0.4 is 20.1 Å². The lowest BCUT2D eigenvalue weighted by atomic mass is 10.1. The van der Waals surface area contributed by atoms with E-state index in [0.717, 1.165) is 0 Å². The molecule has 0 aliphatic heterocycles. The highest BCUT2D eigenvalue weighted by atomic mass is 19.1. The van der Waals surface area contributed by atoms with Crippen LogP contribution in [0.25, 0.3) is 0 Å². The quantitative estimate of drug-likeness (QED) is 0.629. The molecule has 3 aromatic rings. The van der Waals surface area contributed by atoms with Crippen LogP contribution in [0, 0.1) is 5.82 Å². The van der Waals surface area contributed by atoms with Crippen LogP contribution in [0.3, 0.4) is 0 Å². The molecule has 2 N–H and O–H groups in total. The standard InChI is InChI=1S/C19H20FN5O2/c1-26-14-7-8-16(17(11-14)27-2)23-19-24-18(12-22-25-19)21-10-9-13-5-3-4-6-15(13)20/h3-8,11-12H,9-10H2,1-2H3,(H2,21,23,24,25). The average Bonchev–Trinajstić information content (AvgIpc) is 2.70. The van der Waals surface area contributed by atoms with Crippen LogP contribution in [0.4, 0.5) is 21.8 Å². The molecule has 0 spiro atoms. The zero-order chi connectivity index (χ0) is 19.1. The van der Waals surface area contributed by atoms with Gasteiger partial charge in [-0.05, 0) is 30.2 Å². The van der Waals surface area contributed by atoms with E-state index in [2.05, 4.69) is 25.8 Å². The maximum Gasteiger partial charge on any atom is 0.249 e.